The minimum atomic E-state index is 0.375. The van der Waals surface area contributed by atoms with Crippen molar-refractivity contribution < 1.29 is 4.42 Å². The molecule has 0 aliphatic rings. The number of hydrogen-bond acceptors (Lipinski definition) is 2. The number of aliphatic imine (C=N–C) groups is 1. The summed E-state index contributed by atoms with van der Waals surface area (Å²) < 4.78 is 5.79. The molecule has 3 rings (SSSR count). The van der Waals surface area contributed by atoms with Crippen molar-refractivity contribution in [3.8, 4) is 11.3 Å². The molecule has 21 heavy (non-hydrogen) atoms. The van der Waals surface area contributed by atoms with Gasteiger partial charge in [0.1, 0.15) is 5.76 Å². The number of para-hydroxylation sites is 1. The van der Waals surface area contributed by atoms with E-state index in [4.69, 9.17) is 10.2 Å². The van der Waals surface area contributed by atoms with Crippen molar-refractivity contribution in [1.29, 1.82) is 0 Å². The van der Waals surface area contributed by atoms with Crippen LogP contribution in [-0.2, 0) is 0 Å². The Hall–Kier alpha value is -2.81. The quantitative estimate of drug-likeness (QED) is 0.573. The van der Waals surface area contributed by atoms with Crippen LogP contribution in [0, 0.1) is 6.92 Å². The van der Waals surface area contributed by atoms with E-state index in [-0.39, 0.29) is 0 Å². The third-order valence-corrected chi connectivity index (χ3v) is 3.20. The van der Waals surface area contributed by atoms with Gasteiger partial charge in [-0.2, -0.15) is 0 Å². The molecule has 3 aromatic rings. The van der Waals surface area contributed by atoms with Gasteiger partial charge in [0, 0.05) is 5.56 Å². The van der Waals surface area contributed by atoms with Gasteiger partial charge >= 0.3 is 0 Å². The van der Waals surface area contributed by atoms with E-state index in [0.29, 0.717) is 11.6 Å². The molecule has 0 atom stereocenters. The van der Waals surface area contributed by atoms with Crippen LogP contribution in [0.2, 0.25) is 0 Å². The van der Waals surface area contributed by atoms with Gasteiger partial charge in [0.25, 0.3) is 0 Å². The Morgan fingerprint density at radius 3 is 2.33 bits per heavy atom. The average Bonchev–Trinajstić information content (AvgIpc) is 2.99. The summed E-state index contributed by atoms with van der Waals surface area (Å²) in [6, 6.07) is 21.5. The molecule has 1 heterocycles. The molecule has 0 bridgehead atoms. The summed E-state index contributed by atoms with van der Waals surface area (Å²) >= 11 is 0. The molecule has 0 radical (unpaired) electrons. The summed E-state index contributed by atoms with van der Waals surface area (Å²) in [5, 5.41) is 0. The van der Waals surface area contributed by atoms with Crippen molar-refractivity contribution in [2.24, 2.45) is 10.7 Å². The van der Waals surface area contributed by atoms with E-state index in [1.807, 2.05) is 54.6 Å². The molecule has 0 saturated heterocycles. The van der Waals surface area contributed by atoms with E-state index in [9.17, 15) is 0 Å². The van der Waals surface area contributed by atoms with Crippen molar-refractivity contribution in [1.82, 2.24) is 0 Å². The van der Waals surface area contributed by atoms with Gasteiger partial charge < -0.3 is 10.2 Å². The smallest absolute Gasteiger partial charge is 0.169 e. The number of nitrogens with zero attached hydrogens (tertiary/aromatic N) is 1. The fourth-order valence-electron chi connectivity index (χ4n) is 2.05. The van der Waals surface area contributed by atoms with E-state index in [1.165, 1.54) is 5.56 Å². The maximum Gasteiger partial charge on any atom is 0.169 e. The van der Waals surface area contributed by atoms with Gasteiger partial charge in [-0.25, -0.2) is 4.99 Å². The van der Waals surface area contributed by atoms with E-state index >= 15 is 0 Å². The summed E-state index contributed by atoms with van der Waals surface area (Å²) in [4.78, 5) is 4.35. The fourth-order valence-corrected chi connectivity index (χ4v) is 2.05. The van der Waals surface area contributed by atoms with Gasteiger partial charge in [-0.1, -0.05) is 48.0 Å². The minimum absolute atomic E-state index is 0.375. The Morgan fingerprint density at radius 2 is 1.62 bits per heavy atom. The SMILES string of the molecule is Cc1ccc(-c2ccc(C(N)=Nc3ccccc3)o2)cc1. The molecule has 0 aliphatic heterocycles. The Kier molecular flexibility index (Phi) is 3.56. The maximum absolute atomic E-state index is 6.00. The van der Waals surface area contributed by atoms with Crippen molar-refractivity contribution in [3.63, 3.8) is 0 Å². The zero-order valence-corrected chi connectivity index (χ0v) is 11.8. The van der Waals surface area contributed by atoms with Crippen LogP contribution in [0.1, 0.15) is 11.3 Å². The van der Waals surface area contributed by atoms with Gasteiger partial charge in [0.15, 0.2) is 11.6 Å². The first-order valence-electron chi connectivity index (χ1n) is 6.79. The standard InChI is InChI=1S/C18H16N2O/c1-13-7-9-14(10-8-13)16-11-12-17(21-16)18(19)20-15-5-3-2-4-6-15/h2-12H,1H3,(H2,19,20). The highest BCUT2D eigenvalue weighted by Crippen LogP contribution is 2.23. The highest BCUT2D eigenvalue weighted by Gasteiger charge is 2.07. The second kappa shape index (κ2) is 5.67. The van der Waals surface area contributed by atoms with E-state index in [2.05, 4.69) is 24.0 Å². The number of amidine groups is 1. The van der Waals surface area contributed by atoms with Crippen LogP contribution in [0.25, 0.3) is 11.3 Å². The Balaban J connectivity index is 1.88. The van der Waals surface area contributed by atoms with Crippen LogP contribution < -0.4 is 5.73 Å². The number of aryl methyl sites for hydroxylation is 1. The lowest BCUT2D eigenvalue weighted by atomic mass is 10.1. The second-order valence-corrected chi connectivity index (χ2v) is 4.86. The van der Waals surface area contributed by atoms with Crippen LogP contribution in [0.15, 0.2) is 76.1 Å². The molecule has 0 amide bonds. The van der Waals surface area contributed by atoms with E-state index < -0.39 is 0 Å². The third-order valence-electron chi connectivity index (χ3n) is 3.20. The minimum Gasteiger partial charge on any atom is -0.453 e. The lowest BCUT2D eigenvalue weighted by molar-refractivity contribution is 0.571. The first kappa shape index (κ1) is 13.2. The molecule has 0 saturated carbocycles. The Labute approximate surface area is 123 Å². The predicted octanol–water partition coefficient (Wildman–Crippen LogP) is 4.29. The summed E-state index contributed by atoms with van der Waals surface area (Å²) in [5.74, 6) is 1.74. The Morgan fingerprint density at radius 1 is 0.905 bits per heavy atom. The summed E-state index contributed by atoms with van der Waals surface area (Å²) in [5.41, 5.74) is 9.05. The molecule has 0 fully saturated rings. The van der Waals surface area contributed by atoms with Crippen molar-refractivity contribution in [3.05, 3.63) is 78.1 Å². The highest BCUT2D eigenvalue weighted by molar-refractivity contribution is 5.97. The largest absolute Gasteiger partial charge is 0.453 e. The van der Waals surface area contributed by atoms with Gasteiger partial charge in [0.05, 0.1) is 5.69 Å². The van der Waals surface area contributed by atoms with Crippen molar-refractivity contribution >= 4 is 11.5 Å². The molecule has 0 spiro atoms. The number of benzene rings is 2. The van der Waals surface area contributed by atoms with Crippen molar-refractivity contribution in [2.75, 3.05) is 0 Å². The molecule has 2 N–H and O–H groups in total. The van der Waals surface area contributed by atoms with Crippen LogP contribution >= 0.6 is 0 Å². The molecule has 0 aliphatic carbocycles. The molecular weight excluding hydrogens is 260 g/mol. The second-order valence-electron chi connectivity index (χ2n) is 4.86. The lowest BCUT2D eigenvalue weighted by Gasteiger charge is -1.99. The predicted molar refractivity (Wildman–Crippen MR) is 85.7 cm³/mol. The molecule has 1 aromatic heterocycles. The molecule has 3 heteroatoms. The lowest BCUT2D eigenvalue weighted by Crippen LogP contribution is -2.11. The molecule has 2 aromatic carbocycles. The summed E-state index contributed by atoms with van der Waals surface area (Å²) in [6.07, 6.45) is 0. The number of furan rings is 1. The summed E-state index contributed by atoms with van der Waals surface area (Å²) in [7, 11) is 0. The summed E-state index contributed by atoms with van der Waals surface area (Å²) in [6.45, 7) is 2.06. The number of nitrogens with two attached hydrogens (primary N) is 1. The average molecular weight is 276 g/mol. The third kappa shape index (κ3) is 3.03. The zero-order valence-electron chi connectivity index (χ0n) is 11.8. The zero-order chi connectivity index (χ0) is 14.7. The number of hydrogen-bond donors (Lipinski definition) is 1. The molecular formula is C18H16N2O. The monoisotopic (exact) mass is 276 g/mol. The van der Waals surface area contributed by atoms with Gasteiger partial charge in [-0.3, -0.25) is 0 Å². The van der Waals surface area contributed by atoms with Crippen LogP contribution in [0.3, 0.4) is 0 Å². The Bertz CT molecular complexity index is 755. The first-order valence-corrected chi connectivity index (χ1v) is 6.79. The first-order chi connectivity index (χ1) is 10.2. The van der Waals surface area contributed by atoms with Gasteiger partial charge in [-0.15, -0.1) is 0 Å². The van der Waals surface area contributed by atoms with Crippen LogP contribution in [0.4, 0.5) is 5.69 Å². The molecule has 3 nitrogen and oxygen atoms in total. The molecule has 104 valence electrons. The van der Waals surface area contributed by atoms with Crippen molar-refractivity contribution in [2.45, 2.75) is 6.92 Å². The van der Waals surface area contributed by atoms with E-state index in [0.717, 1.165) is 17.0 Å². The highest BCUT2D eigenvalue weighted by atomic mass is 16.3. The van der Waals surface area contributed by atoms with Gasteiger partial charge in [-0.05, 0) is 31.2 Å². The van der Waals surface area contributed by atoms with Gasteiger partial charge in [0.2, 0.25) is 0 Å². The normalized spacial score (nSPS) is 11.6. The topological polar surface area (TPSA) is 51.5 Å². The number of rotatable bonds is 3. The maximum atomic E-state index is 6.00. The fraction of sp³-hybridized carbons (Fsp3) is 0.0556. The van der Waals surface area contributed by atoms with Crippen LogP contribution in [-0.4, -0.2) is 5.84 Å². The van der Waals surface area contributed by atoms with E-state index in [1.54, 1.807) is 0 Å². The van der Waals surface area contributed by atoms with Crippen LogP contribution in [0.5, 0.6) is 0 Å². The molecule has 0 unspecified atom stereocenters.